The van der Waals surface area contributed by atoms with Crippen molar-refractivity contribution in [2.45, 2.75) is 43.8 Å². The lowest BCUT2D eigenvalue weighted by Gasteiger charge is -2.14. The summed E-state index contributed by atoms with van der Waals surface area (Å²) >= 11 is 0. The van der Waals surface area contributed by atoms with E-state index in [0.717, 1.165) is 18.9 Å². The number of rotatable bonds is 4. The predicted molar refractivity (Wildman–Crippen MR) is 98.7 cm³/mol. The second-order valence-electron chi connectivity index (χ2n) is 7.42. The quantitative estimate of drug-likeness (QED) is 0.751. The van der Waals surface area contributed by atoms with Crippen LogP contribution in [-0.2, 0) is 11.0 Å². The van der Waals surface area contributed by atoms with Crippen molar-refractivity contribution in [1.82, 2.24) is 10.3 Å². The van der Waals surface area contributed by atoms with Gasteiger partial charge < -0.3 is 10.3 Å². The van der Waals surface area contributed by atoms with Crippen molar-refractivity contribution in [3.63, 3.8) is 0 Å². The van der Waals surface area contributed by atoms with Crippen molar-refractivity contribution in [3.05, 3.63) is 75.0 Å². The maximum absolute atomic E-state index is 14.2. The second kappa shape index (κ2) is 7.17. The van der Waals surface area contributed by atoms with Crippen molar-refractivity contribution < 1.29 is 22.4 Å². The van der Waals surface area contributed by atoms with Gasteiger partial charge in [-0.1, -0.05) is 18.2 Å². The molecule has 0 radical (unpaired) electrons. The van der Waals surface area contributed by atoms with Gasteiger partial charge in [0.2, 0.25) is 5.91 Å². The molecule has 1 atom stereocenters. The lowest BCUT2D eigenvalue weighted by atomic mass is 9.97. The van der Waals surface area contributed by atoms with Gasteiger partial charge in [0.05, 0.1) is 5.56 Å². The van der Waals surface area contributed by atoms with E-state index in [0.29, 0.717) is 35.7 Å². The maximum atomic E-state index is 14.2. The molecular weight excluding hydrogens is 388 g/mol. The average Bonchev–Trinajstić information content (AvgIpc) is 3.40. The molecule has 1 aliphatic carbocycles. The SMILES string of the molecule is O=C1CC[C@H](/C=C(\c2ccc(C(F)(F)F)c(F)c2)c2ccc(C3CC3)c(=O)[nH]2)N1. The summed E-state index contributed by atoms with van der Waals surface area (Å²) in [5.74, 6) is -1.30. The first kappa shape index (κ1) is 19.4. The number of benzene rings is 1. The largest absolute Gasteiger partial charge is 0.419 e. The standard InChI is InChI=1S/C21H18F4N2O2/c22-17-9-12(3-6-16(17)21(23,24)25)15(10-13-4-8-19(28)26-13)18-7-5-14(11-1-2-11)20(29)27-18/h3,5-7,9-11,13H,1-2,4,8H2,(H,26,28)(H,27,29)/b15-10+/t13-/m1/s1. The summed E-state index contributed by atoms with van der Waals surface area (Å²) in [5, 5.41) is 2.75. The average molecular weight is 406 g/mol. The molecule has 2 aromatic rings. The Hall–Kier alpha value is -2.90. The fourth-order valence-electron chi connectivity index (χ4n) is 3.58. The minimum atomic E-state index is -4.80. The number of aromatic nitrogens is 1. The zero-order chi connectivity index (χ0) is 20.8. The minimum Gasteiger partial charge on any atom is -0.350 e. The van der Waals surface area contributed by atoms with Gasteiger partial charge in [-0.25, -0.2) is 4.39 Å². The van der Waals surface area contributed by atoms with Crippen molar-refractivity contribution in [2.75, 3.05) is 0 Å². The van der Waals surface area contributed by atoms with E-state index in [1.165, 1.54) is 6.07 Å². The third kappa shape index (κ3) is 4.11. The number of halogens is 4. The number of carbonyl (C=O) groups is 1. The molecule has 0 bridgehead atoms. The highest BCUT2D eigenvalue weighted by Crippen LogP contribution is 2.38. The summed E-state index contributed by atoms with van der Waals surface area (Å²) in [6, 6.07) is 5.68. The van der Waals surface area contributed by atoms with E-state index >= 15 is 0 Å². The van der Waals surface area contributed by atoms with E-state index in [1.54, 1.807) is 18.2 Å². The molecule has 4 rings (SSSR count). The molecule has 152 valence electrons. The molecule has 29 heavy (non-hydrogen) atoms. The summed E-state index contributed by atoms with van der Waals surface area (Å²) in [6.45, 7) is 0. The molecule has 0 spiro atoms. The Morgan fingerprint density at radius 3 is 2.38 bits per heavy atom. The molecule has 8 heteroatoms. The van der Waals surface area contributed by atoms with Crippen LogP contribution in [0.2, 0.25) is 0 Å². The fraction of sp³-hybridized carbons (Fsp3) is 0.333. The zero-order valence-corrected chi connectivity index (χ0v) is 15.3. The number of alkyl halides is 3. The van der Waals surface area contributed by atoms with Gasteiger partial charge >= 0.3 is 6.18 Å². The molecule has 2 fully saturated rings. The molecule has 1 saturated carbocycles. The molecule has 1 aromatic carbocycles. The third-order valence-electron chi connectivity index (χ3n) is 5.23. The highest BCUT2D eigenvalue weighted by molar-refractivity contribution is 5.82. The third-order valence-corrected chi connectivity index (χ3v) is 5.23. The van der Waals surface area contributed by atoms with Crippen LogP contribution in [0.1, 0.15) is 54.0 Å². The van der Waals surface area contributed by atoms with Crippen molar-refractivity contribution in [1.29, 1.82) is 0 Å². The lowest BCUT2D eigenvalue weighted by Crippen LogP contribution is -2.24. The van der Waals surface area contributed by atoms with Crippen LogP contribution in [0, 0.1) is 5.82 Å². The van der Waals surface area contributed by atoms with Gasteiger partial charge in [-0.3, -0.25) is 9.59 Å². The molecule has 2 heterocycles. The Morgan fingerprint density at radius 2 is 1.83 bits per heavy atom. The number of amides is 1. The fourth-order valence-corrected chi connectivity index (χ4v) is 3.58. The molecule has 2 N–H and O–H groups in total. The normalized spacial score (nSPS) is 20.1. The van der Waals surface area contributed by atoms with Crippen LogP contribution in [0.5, 0.6) is 0 Å². The number of pyridine rings is 1. The van der Waals surface area contributed by atoms with Crippen LogP contribution in [-0.4, -0.2) is 16.9 Å². The highest BCUT2D eigenvalue weighted by atomic mass is 19.4. The van der Waals surface area contributed by atoms with Crippen molar-refractivity contribution >= 4 is 11.5 Å². The second-order valence-corrected chi connectivity index (χ2v) is 7.42. The summed E-state index contributed by atoms with van der Waals surface area (Å²) in [5.41, 5.74) is -0.0394. The molecule has 1 aliphatic heterocycles. The molecule has 0 unspecified atom stereocenters. The summed E-state index contributed by atoms with van der Waals surface area (Å²) in [6.07, 6.45) is -0.420. The number of hydrogen-bond acceptors (Lipinski definition) is 2. The minimum absolute atomic E-state index is 0.137. The lowest BCUT2D eigenvalue weighted by molar-refractivity contribution is -0.140. The van der Waals surface area contributed by atoms with E-state index in [2.05, 4.69) is 10.3 Å². The van der Waals surface area contributed by atoms with E-state index < -0.39 is 17.6 Å². The maximum Gasteiger partial charge on any atom is 0.419 e. The number of hydrogen-bond donors (Lipinski definition) is 2. The molecule has 1 saturated heterocycles. The van der Waals surface area contributed by atoms with E-state index in [4.69, 9.17) is 0 Å². The van der Waals surface area contributed by atoms with Gasteiger partial charge in [-0.05, 0) is 48.9 Å². The van der Waals surface area contributed by atoms with E-state index in [9.17, 15) is 27.2 Å². The summed E-state index contributed by atoms with van der Waals surface area (Å²) in [7, 11) is 0. The number of H-pyrrole nitrogens is 1. The van der Waals surface area contributed by atoms with Crippen LogP contribution < -0.4 is 10.9 Å². The summed E-state index contributed by atoms with van der Waals surface area (Å²) < 4.78 is 52.9. The van der Waals surface area contributed by atoms with Crippen molar-refractivity contribution in [2.24, 2.45) is 0 Å². The van der Waals surface area contributed by atoms with Crippen LogP contribution in [0.4, 0.5) is 17.6 Å². The molecule has 2 aliphatic rings. The van der Waals surface area contributed by atoms with Gasteiger partial charge in [-0.15, -0.1) is 0 Å². The van der Waals surface area contributed by atoms with E-state index in [-0.39, 0.29) is 29.0 Å². The monoisotopic (exact) mass is 406 g/mol. The molecule has 4 nitrogen and oxygen atoms in total. The number of nitrogens with one attached hydrogen (secondary N) is 2. The predicted octanol–water partition coefficient (Wildman–Crippen LogP) is 4.12. The van der Waals surface area contributed by atoms with Gasteiger partial charge in [0, 0.05) is 29.3 Å². The first-order valence-electron chi connectivity index (χ1n) is 9.34. The Bertz CT molecular complexity index is 1050. The van der Waals surface area contributed by atoms with Crippen LogP contribution >= 0.6 is 0 Å². The first-order chi connectivity index (χ1) is 13.7. The van der Waals surface area contributed by atoms with Crippen LogP contribution in [0.25, 0.3) is 5.57 Å². The molecular formula is C21H18F4N2O2. The highest BCUT2D eigenvalue weighted by Gasteiger charge is 2.34. The number of carbonyl (C=O) groups excluding carboxylic acids is 1. The molecule has 1 amide bonds. The van der Waals surface area contributed by atoms with Gasteiger partial charge in [0.15, 0.2) is 0 Å². The van der Waals surface area contributed by atoms with Gasteiger partial charge in [0.1, 0.15) is 5.82 Å². The summed E-state index contributed by atoms with van der Waals surface area (Å²) in [4.78, 5) is 26.7. The topological polar surface area (TPSA) is 62.0 Å². The zero-order valence-electron chi connectivity index (χ0n) is 15.3. The first-order valence-corrected chi connectivity index (χ1v) is 9.34. The Kier molecular flexibility index (Phi) is 4.80. The van der Waals surface area contributed by atoms with Crippen molar-refractivity contribution in [3.8, 4) is 0 Å². The van der Waals surface area contributed by atoms with Gasteiger partial charge in [0.25, 0.3) is 5.56 Å². The Balaban J connectivity index is 1.78. The van der Waals surface area contributed by atoms with Crippen LogP contribution in [0.15, 0.2) is 41.2 Å². The smallest absolute Gasteiger partial charge is 0.350 e. The van der Waals surface area contributed by atoms with Crippen LogP contribution in [0.3, 0.4) is 0 Å². The molecule has 1 aromatic heterocycles. The van der Waals surface area contributed by atoms with E-state index in [1.807, 2.05) is 0 Å². The number of aromatic amines is 1. The Morgan fingerprint density at radius 1 is 1.07 bits per heavy atom. The Labute approximate surface area is 163 Å². The van der Waals surface area contributed by atoms with Gasteiger partial charge in [-0.2, -0.15) is 13.2 Å².